The largest absolute Gasteiger partial charge is 0.377 e. The summed E-state index contributed by atoms with van der Waals surface area (Å²) in [7, 11) is 2.09. The average Bonchev–Trinajstić information content (AvgIpc) is 1.97. The zero-order valence-electron chi connectivity index (χ0n) is 8.09. The Hall–Kier alpha value is -0.720. The molecule has 0 spiro atoms. The lowest BCUT2D eigenvalue weighted by atomic mass is 10.3. The van der Waals surface area contributed by atoms with Crippen LogP contribution in [0.3, 0.4) is 0 Å². The first-order valence-corrected chi connectivity index (χ1v) is 4.17. The monoisotopic (exact) mass is 153 g/mol. The minimum absolute atomic E-state index is 1.01. The summed E-state index contributed by atoms with van der Waals surface area (Å²) in [5.74, 6) is 0. The highest BCUT2D eigenvalue weighted by atomic mass is 15.1. The van der Waals surface area contributed by atoms with Crippen molar-refractivity contribution in [3.8, 4) is 0 Å². The standard InChI is InChI=1S/C10H19N/c1-5-6-8-11(4)9-7-10(2)3/h6-8H,5,9H2,1-4H3/b8-6-. The molecule has 0 atom stereocenters. The third kappa shape index (κ3) is 7.17. The molecule has 0 heterocycles. The van der Waals surface area contributed by atoms with E-state index >= 15 is 0 Å². The highest BCUT2D eigenvalue weighted by Gasteiger charge is 1.84. The number of hydrogen-bond donors (Lipinski definition) is 0. The maximum absolute atomic E-state index is 2.22. The summed E-state index contributed by atoms with van der Waals surface area (Å²) < 4.78 is 0. The average molecular weight is 153 g/mol. The normalized spacial score (nSPS) is 10.2. The fourth-order valence-corrected chi connectivity index (χ4v) is 0.673. The third-order valence-electron chi connectivity index (χ3n) is 1.38. The van der Waals surface area contributed by atoms with Crippen molar-refractivity contribution in [2.45, 2.75) is 27.2 Å². The molecule has 0 amide bonds. The summed E-state index contributed by atoms with van der Waals surface area (Å²) in [6.07, 6.45) is 7.62. The lowest BCUT2D eigenvalue weighted by molar-refractivity contribution is 0.506. The Kier molecular flexibility index (Phi) is 5.63. The summed E-state index contributed by atoms with van der Waals surface area (Å²) >= 11 is 0. The first-order valence-electron chi connectivity index (χ1n) is 4.17. The van der Waals surface area contributed by atoms with Gasteiger partial charge in [0.15, 0.2) is 0 Å². The van der Waals surface area contributed by atoms with E-state index in [4.69, 9.17) is 0 Å². The zero-order valence-corrected chi connectivity index (χ0v) is 8.09. The molecule has 0 N–H and O–H groups in total. The second kappa shape index (κ2) is 6.02. The van der Waals surface area contributed by atoms with Gasteiger partial charge in [-0.25, -0.2) is 0 Å². The van der Waals surface area contributed by atoms with Crippen molar-refractivity contribution >= 4 is 0 Å². The molecule has 11 heavy (non-hydrogen) atoms. The first-order chi connectivity index (χ1) is 5.16. The van der Waals surface area contributed by atoms with Gasteiger partial charge in [0.25, 0.3) is 0 Å². The molecule has 0 bridgehead atoms. The van der Waals surface area contributed by atoms with Gasteiger partial charge >= 0.3 is 0 Å². The molecular weight excluding hydrogens is 134 g/mol. The molecule has 0 radical (unpaired) electrons. The minimum Gasteiger partial charge on any atom is -0.377 e. The lowest BCUT2D eigenvalue weighted by Crippen LogP contribution is -2.09. The van der Waals surface area contributed by atoms with Gasteiger partial charge in [-0.2, -0.15) is 0 Å². The molecule has 0 aliphatic carbocycles. The Morgan fingerprint density at radius 3 is 2.45 bits per heavy atom. The van der Waals surface area contributed by atoms with Crippen LogP contribution in [0.5, 0.6) is 0 Å². The summed E-state index contributed by atoms with van der Waals surface area (Å²) in [5.41, 5.74) is 1.38. The van der Waals surface area contributed by atoms with E-state index in [2.05, 4.69) is 51.1 Å². The Morgan fingerprint density at radius 1 is 1.36 bits per heavy atom. The molecule has 0 aliphatic heterocycles. The Labute approximate surface area is 70.4 Å². The minimum atomic E-state index is 1.01. The van der Waals surface area contributed by atoms with E-state index in [1.807, 2.05) is 0 Å². The number of likely N-dealkylation sites (N-methyl/N-ethyl adjacent to an activating group) is 1. The van der Waals surface area contributed by atoms with Crippen LogP contribution in [-0.2, 0) is 0 Å². The maximum atomic E-state index is 2.22. The van der Waals surface area contributed by atoms with Crippen molar-refractivity contribution in [3.05, 3.63) is 23.9 Å². The van der Waals surface area contributed by atoms with Gasteiger partial charge in [0.1, 0.15) is 0 Å². The molecule has 0 aromatic heterocycles. The molecule has 0 fully saturated rings. The van der Waals surface area contributed by atoms with E-state index in [1.54, 1.807) is 0 Å². The molecule has 1 heteroatoms. The third-order valence-corrected chi connectivity index (χ3v) is 1.38. The SMILES string of the molecule is CC/C=C\N(C)CC=C(C)C. The second-order valence-corrected chi connectivity index (χ2v) is 3.01. The molecule has 64 valence electrons. The van der Waals surface area contributed by atoms with Crippen molar-refractivity contribution in [3.63, 3.8) is 0 Å². The number of allylic oxidation sites excluding steroid dienone is 2. The van der Waals surface area contributed by atoms with E-state index in [0.29, 0.717) is 0 Å². The van der Waals surface area contributed by atoms with Gasteiger partial charge in [-0.1, -0.05) is 24.6 Å². The Morgan fingerprint density at radius 2 is 2.00 bits per heavy atom. The van der Waals surface area contributed by atoms with Gasteiger partial charge in [0, 0.05) is 13.6 Å². The number of rotatable bonds is 4. The first kappa shape index (κ1) is 10.3. The maximum Gasteiger partial charge on any atom is 0.0353 e. The molecular formula is C10H19N. The van der Waals surface area contributed by atoms with Crippen molar-refractivity contribution in [1.29, 1.82) is 0 Å². The summed E-state index contributed by atoms with van der Waals surface area (Å²) in [6, 6.07) is 0. The van der Waals surface area contributed by atoms with Crippen molar-refractivity contribution < 1.29 is 0 Å². The van der Waals surface area contributed by atoms with Crippen LogP contribution in [0.2, 0.25) is 0 Å². The van der Waals surface area contributed by atoms with Gasteiger partial charge < -0.3 is 4.90 Å². The number of hydrogen-bond acceptors (Lipinski definition) is 1. The molecule has 0 saturated heterocycles. The predicted octanol–water partition coefficient (Wildman–Crippen LogP) is 2.81. The molecule has 0 saturated carbocycles. The predicted molar refractivity (Wildman–Crippen MR) is 51.5 cm³/mol. The second-order valence-electron chi connectivity index (χ2n) is 3.01. The molecule has 0 rings (SSSR count). The van der Waals surface area contributed by atoms with Gasteiger partial charge in [0.05, 0.1) is 0 Å². The van der Waals surface area contributed by atoms with Crippen molar-refractivity contribution in [1.82, 2.24) is 4.90 Å². The van der Waals surface area contributed by atoms with Crippen LogP contribution in [0.25, 0.3) is 0 Å². The molecule has 0 aliphatic rings. The van der Waals surface area contributed by atoms with Crippen molar-refractivity contribution in [2.24, 2.45) is 0 Å². The van der Waals surface area contributed by atoms with Gasteiger partial charge in [-0.05, 0) is 26.5 Å². The van der Waals surface area contributed by atoms with Gasteiger partial charge in [-0.15, -0.1) is 0 Å². The lowest BCUT2D eigenvalue weighted by Gasteiger charge is -2.10. The topological polar surface area (TPSA) is 3.24 Å². The molecule has 0 aromatic rings. The van der Waals surface area contributed by atoms with Gasteiger partial charge in [0.2, 0.25) is 0 Å². The van der Waals surface area contributed by atoms with E-state index in [0.717, 1.165) is 13.0 Å². The molecule has 0 unspecified atom stereocenters. The van der Waals surface area contributed by atoms with Crippen molar-refractivity contribution in [2.75, 3.05) is 13.6 Å². The smallest absolute Gasteiger partial charge is 0.0353 e. The van der Waals surface area contributed by atoms with Crippen LogP contribution in [0.1, 0.15) is 27.2 Å². The van der Waals surface area contributed by atoms with Gasteiger partial charge in [-0.3, -0.25) is 0 Å². The van der Waals surface area contributed by atoms with Crippen LogP contribution in [0.15, 0.2) is 23.9 Å². The van der Waals surface area contributed by atoms with Crippen LogP contribution in [-0.4, -0.2) is 18.5 Å². The van der Waals surface area contributed by atoms with Crippen LogP contribution >= 0.6 is 0 Å². The van der Waals surface area contributed by atoms with Crippen LogP contribution in [0, 0.1) is 0 Å². The quantitative estimate of drug-likeness (QED) is 0.561. The summed E-state index contributed by atoms with van der Waals surface area (Å²) in [6.45, 7) is 7.40. The van der Waals surface area contributed by atoms with E-state index in [1.165, 1.54) is 5.57 Å². The summed E-state index contributed by atoms with van der Waals surface area (Å²) in [4.78, 5) is 2.18. The fraction of sp³-hybridized carbons (Fsp3) is 0.600. The summed E-state index contributed by atoms with van der Waals surface area (Å²) in [5, 5.41) is 0. The Balaban J connectivity index is 3.61. The van der Waals surface area contributed by atoms with E-state index in [-0.39, 0.29) is 0 Å². The van der Waals surface area contributed by atoms with Crippen LogP contribution < -0.4 is 0 Å². The van der Waals surface area contributed by atoms with Crippen LogP contribution in [0.4, 0.5) is 0 Å². The fourth-order valence-electron chi connectivity index (χ4n) is 0.673. The van der Waals surface area contributed by atoms with E-state index < -0.39 is 0 Å². The highest BCUT2D eigenvalue weighted by molar-refractivity contribution is 4.96. The molecule has 0 aromatic carbocycles. The number of nitrogens with zero attached hydrogens (tertiary/aromatic N) is 1. The van der Waals surface area contributed by atoms with E-state index in [9.17, 15) is 0 Å². The zero-order chi connectivity index (χ0) is 8.69. The Bertz CT molecular complexity index is 141. The highest BCUT2D eigenvalue weighted by Crippen LogP contribution is 1.92. The molecule has 1 nitrogen and oxygen atoms in total.